The number of rotatable bonds is 5. The number of para-hydroxylation sites is 3. The summed E-state index contributed by atoms with van der Waals surface area (Å²) in [4.78, 5) is 12.0. The molecule has 1 N–H and O–H groups in total. The topological polar surface area (TPSA) is 62.1 Å². The summed E-state index contributed by atoms with van der Waals surface area (Å²) in [7, 11) is 0. The van der Waals surface area contributed by atoms with Crippen molar-refractivity contribution in [2.45, 2.75) is 13.3 Å². The van der Waals surface area contributed by atoms with Crippen molar-refractivity contribution in [3.8, 4) is 17.6 Å². The van der Waals surface area contributed by atoms with Gasteiger partial charge in [-0.2, -0.15) is 5.26 Å². The summed E-state index contributed by atoms with van der Waals surface area (Å²) in [6.45, 7) is 1.81. The van der Waals surface area contributed by atoms with Crippen molar-refractivity contribution in [2.75, 3.05) is 5.32 Å². The molecule has 0 heterocycles. The van der Waals surface area contributed by atoms with Crippen molar-refractivity contribution in [3.63, 3.8) is 0 Å². The molecule has 0 aliphatic heterocycles. The van der Waals surface area contributed by atoms with E-state index in [0.29, 0.717) is 23.6 Å². The van der Waals surface area contributed by atoms with Crippen LogP contribution in [0.4, 0.5) is 5.69 Å². The van der Waals surface area contributed by atoms with E-state index >= 15 is 0 Å². The van der Waals surface area contributed by atoms with E-state index in [1.165, 1.54) is 0 Å². The van der Waals surface area contributed by atoms with Crippen molar-refractivity contribution in [1.82, 2.24) is 0 Å². The largest absolute Gasteiger partial charge is 0.455 e. The van der Waals surface area contributed by atoms with Crippen LogP contribution in [0.15, 0.2) is 54.6 Å². The highest BCUT2D eigenvalue weighted by Gasteiger charge is 2.17. The first-order valence-corrected chi connectivity index (χ1v) is 6.77. The Morgan fingerprint density at radius 3 is 2.52 bits per heavy atom. The third-order valence-corrected chi connectivity index (χ3v) is 3.00. The van der Waals surface area contributed by atoms with Crippen LogP contribution in [0.1, 0.15) is 13.3 Å². The Labute approximate surface area is 124 Å². The number of benzene rings is 2. The fourth-order valence-electron chi connectivity index (χ4n) is 1.83. The predicted molar refractivity (Wildman–Crippen MR) is 81.0 cm³/mol. The zero-order chi connectivity index (χ0) is 15.1. The van der Waals surface area contributed by atoms with Gasteiger partial charge in [-0.25, -0.2) is 0 Å². The Balaban J connectivity index is 2.18. The molecule has 1 atom stereocenters. The van der Waals surface area contributed by atoms with E-state index in [0.717, 1.165) is 0 Å². The molecule has 4 heteroatoms. The fraction of sp³-hybridized carbons (Fsp3) is 0.176. The first kappa shape index (κ1) is 14.6. The molecule has 0 radical (unpaired) electrons. The second-order valence-electron chi connectivity index (χ2n) is 4.49. The summed E-state index contributed by atoms with van der Waals surface area (Å²) in [5.74, 6) is 0.259. The summed E-state index contributed by atoms with van der Waals surface area (Å²) in [5, 5.41) is 11.7. The molecule has 0 spiro atoms. The van der Waals surface area contributed by atoms with E-state index in [-0.39, 0.29) is 5.91 Å². The Hall–Kier alpha value is -2.80. The molecule has 2 aromatic carbocycles. The van der Waals surface area contributed by atoms with Gasteiger partial charge in [0.2, 0.25) is 5.91 Å². The van der Waals surface area contributed by atoms with Gasteiger partial charge >= 0.3 is 0 Å². The Kier molecular flexibility index (Phi) is 4.94. The summed E-state index contributed by atoms with van der Waals surface area (Å²) in [6.07, 6.45) is 0.476. The molecule has 4 nitrogen and oxygen atoms in total. The molecule has 1 unspecified atom stereocenters. The second-order valence-corrected chi connectivity index (χ2v) is 4.49. The van der Waals surface area contributed by atoms with Crippen LogP contribution in [0.5, 0.6) is 11.5 Å². The van der Waals surface area contributed by atoms with Crippen LogP contribution in [-0.2, 0) is 4.79 Å². The van der Waals surface area contributed by atoms with E-state index in [9.17, 15) is 4.79 Å². The van der Waals surface area contributed by atoms with Crippen LogP contribution in [0.2, 0.25) is 0 Å². The lowest BCUT2D eigenvalue weighted by Crippen LogP contribution is -2.21. The monoisotopic (exact) mass is 280 g/mol. The van der Waals surface area contributed by atoms with Gasteiger partial charge in [-0.1, -0.05) is 37.3 Å². The Bertz CT molecular complexity index is 647. The molecule has 2 rings (SSSR count). The van der Waals surface area contributed by atoms with Crippen LogP contribution < -0.4 is 10.1 Å². The Morgan fingerprint density at radius 1 is 1.19 bits per heavy atom. The van der Waals surface area contributed by atoms with Gasteiger partial charge < -0.3 is 10.1 Å². The SMILES string of the molecule is CCC(C#N)C(=O)Nc1ccccc1Oc1ccccc1. The molecule has 0 aliphatic carbocycles. The minimum atomic E-state index is -0.658. The van der Waals surface area contributed by atoms with Crippen molar-refractivity contribution in [2.24, 2.45) is 5.92 Å². The summed E-state index contributed by atoms with van der Waals surface area (Å²) >= 11 is 0. The molecule has 0 saturated heterocycles. The second kappa shape index (κ2) is 7.11. The number of hydrogen-bond donors (Lipinski definition) is 1. The minimum Gasteiger partial charge on any atom is -0.455 e. The zero-order valence-corrected chi connectivity index (χ0v) is 11.7. The predicted octanol–water partition coefficient (Wildman–Crippen LogP) is 3.97. The summed E-state index contributed by atoms with van der Waals surface area (Å²) < 4.78 is 5.76. The average molecular weight is 280 g/mol. The first-order valence-electron chi connectivity index (χ1n) is 6.77. The van der Waals surface area contributed by atoms with Gasteiger partial charge in [-0.3, -0.25) is 4.79 Å². The lowest BCUT2D eigenvalue weighted by Gasteiger charge is -2.13. The normalized spacial score (nSPS) is 11.2. The molecule has 0 aromatic heterocycles. The van der Waals surface area contributed by atoms with Crippen LogP contribution in [-0.4, -0.2) is 5.91 Å². The van der Waals surface area contributed by atoms with Crippen LogP contribution >= 0.6 is 0 Å². The average Bonchev–Trinajstić information content (AvgIpc) is 2.51. The molecule has 106 valence electrons. The third kappa shape index (κ3) is 3.83. The third-order valence-electron chi connectivity index (χ3n) is 3.00. The number of hydrogen-bond acceptors (Lipinski definition) is 3. The van der Waals surface area contributed by atoms with Gasteiger partial charge in [-0.05, 0) is 30.7 Å². The number of ether oxygens (including phenoxy) is 1. The van der Waals surface area contributed by atoms with E-state index in [1.54, 1.807) is 25.1 Å². The summed E-state index contributed by atoms with van der Waals surface area (Å²) in [6, 6.07) is 18.5. The van der Waals surface area contributed by atoms with Crippen molar-refractivity contribution in [1.29, 1.82) is 5.26 Å². The maximum atomic E-state index is 12.0. The van der Waals surface area contributed by atoms with Crippen molar-refractivity contribution < 1.29 is 9.53 Å². The standard InChI is InChI=1S/C17H16N2O2/c1-2-13(12-18)17(20)19-15-10-6-7-11-16(15)21-14-8-4-3-5-9-14/h3-11,13H,2H2,1H3,(H,19,20). The molecular weight excluding hydrogens is 264 g/mol. The maximum absolute atomic E-state index is 12.0. The van der Waals surface area contributed by atoms with E-state index in [1.807, 2.05) is 42.5 Å². The Morgan fingerprint density at radius 2 is 1.86 bits per heavy atom. The number of carbonyl (C=O) groups is 1. The van der Waals surface area contributed by atoms with Crippen molar-refractivity contribution >= 4 is 11.6 Å². The molecule has 0 saturated carbocycles. The fourth-order valence-corrected chi connectivity index (χ4v) is 1.83. The van der Waals surface area contributed by atoms with Gasteiger partial charge in [0.25, 0.3) is 0 Å². The minimum absolute atomic E-state index is 0.316. The smallest absolute Gasteiger partial charge is 0.241 e. The number of carbonyl (C=O) groups excluding carboxylic acids is 1. The molecular formula is C17H16N2O2. The quantitative estimate of drug-likeness (QED) is 0.901. The van der Waals surface area contributed by atoms with Crippen LogP contribution in [0.3, 0.4) is 0 Å². The number of nitriles is 1. The lowest BCUT2D eigenvalue weighted by atomic mass is 10.1. The van der Waals surface area contributed by atoms with Gasteiger partial charge in [0.05, 0.1) is 11.8 Å². The van der Waals surface area contributed by atoms with Gasteiger partial charge in [0, 0.05) is 0 Å². The van der Waals surface area contributed by atoms with Crippen LogP contribution in [0.25, 0.3) is 0 Å². The number of anilines is 1. The van der Waals surface area contributed by atoms with E-state index in [4.69, 9.17) is 10.00 Å². The first-order chi connectivity index (χ1) is 10.2. The van der Waals surface area contributed by atoms with Gasteiger partial charge in [-0.15, -0.1) is 0 Å². The summed E-state index contributed by atoms with van der Waals surface area (Å²) in [5.41, 5.74) is 0.556. The van der Waals surface area contributed by atoms with Crippen molar-refractivity contribution in [3.05, 3.63) is 54.6 Å². The molecule has 0 bridgehead atoms. The van der Waals surface area contributed by atoms with Gasteiger partial charge in [0.1, 0.15) is 11.7 Å². The molecule has 1 amide bonds. The van der Waals surface area contributed by atoms with E-state index < -0.39 is 5.92 Å². The lowest BCUT2D eigenvalue weighted by molar-refractivity contribution is -0.118. The number of nitrogens with one attached hydrogen (secondary N) is 1. The maximum Gasteiger partial charge on any atom is 0.241 e. The van der Waals surface area contributed by atoms with E-state index in [2.05, 4.69) is 5.32 Å². The number of nitrogens with zero attached hydrogens (tertiary/aromatic N) is 1. The molecule has 0 fully saturated rings. The zero-order valence-electron chi connectivity index (χ0n) is 11.7. The van der Waals surface area contributed by atoms with Gasteiger partial charge in [0.15, 0.2) is 5.75 Å². The highest BCUT2D eigenvalue weighted by Crippen LogP contribution is 2.29. The molecule has 0 aliphatic rings. The molecule has 2 aromatic rings. The van der Waals surface area contributed by atoms with Crippen LogP contribution in [0, 0.1) is 17.2 Å². The highest BCUT2D eigenvalue weighted by atomic mass is 16.5. The highest BCUT2D eigenvalue weighted by molar-refractivity contribution is 5.95. The molecule has 21 heavy (non-hydrogen) atoms. The number of amides is 1.